The SMILES string of the molecule is N#Cc1c(-n2c3ccccc3c3ccccc32)c(-n2c3ccccc3c3ccccc32)c(C#N)c(-n2c3cc(-c4cc5ccccc5cc4-c4ccccc4)ccc3c3ccc4c5ccccc5sc4c32)c1-n1c2ccccc2c2ccccc21. The van der Waals surface area contributed by atoms with E-state index in [1.807, 2.05) is 0 Å². The van der Waals surface area contributed by atoms with Crippen LogP contribution in [0.1, 0.15) is 11.1 Å². The van der Waals surface area contributed by atoms with Crippen molar-refractivity contribution in [3.05, 3.63) is 278 Å². The number of hydrogen-bond acceptors (Lipinski definition) is 3. The third kappa shape index (κ3) is 6.56. The van der Waals surface area contributed by atoms with E-state index in [0.717, 1.165) is 130 Å². The highest BCUT2D eigenvalue weighted by Gasteiger charge is 2.35. The molecule has 5 aromatic heterocycles. The Morgan fingerprint density at radius 2 is 0.624 bits per heavy atom. The van der Waals surface area contributed by atoms with Crippen molar-refractivity contribution >= 4 is 130 Å². The zero-order chi connectivity index (χ0) is 56.0. The molecule has 18 aromatic rings. The number of benzene rings is 13. The van der Waals surface area contributed by atoms with Crippen molar-refractivity contribution in [2.24, 2.45) is 0 Å². The van der Waals surface area contributed by atoms with E-state index < -0.39 is 0 Å². The monoisotopic (exact) mass is 1100 g/mol. The Bertz CT molecular complexity index is 5850. The van der Waals surface area contributed by atoms with E-state index in [0.29, 0.717) is 33.9 Å². The van der Waals surface area contributed by atoms with E-state index in [4.69, 9.17) is 0 Å². The Balaban J connectivity index is 1.13. The Labute approximate surface area is 490 Å². The van der Waals surface area contributed by atoms with Gasteiger partial charge in [0.15, 0.2) is 0 Å². The smallest absolute Gasteiger partial charge is 0.104 e. The predicted molar refractivity (Wildman–Crippen MR) is 354 cm³/mol. The first-order valence-electron chi connectivity index (χ1n) is 28.6. The molecule has 0 aliphatic rings. The molecule has 0 radical (unpaired) electrons. The number of fused-ring (bicyclic) bond motifs is 17. The van der Waals surface area contributed by atoms with Crippen molar-refractivity contribution < 1.29 is 0 Å². The van der Waals surface area contributed by atoms with Crippen LogP contribution in [-0.4, -0.2) is 18.3 Å². The molecule has 6 nitrogen and oxygen atoms in total. The molecular weight excluding hydrogens is 1050 g/mol. The van der Waals surface area contributed by atoms with Gasteiger partial charge in [0.1, 0.15) is 23.3 Å². The van der Waals surface area contributed by atoms with Gasteiger partial charge in [-0.05, 0) is 93.7 Å². The molecule has 0 unspecified atom stereocenters. The molecule has 0 N–H and O–H groups in total. The number of para-hydroxylation sites is 6. The first-order chi connectivity index (χ1) is 42.1. The fourth-order valence-electron chi connectivity index (χ4n) is 14.3. The standard InChI is InChI=1S/C78H44N6S/c79-45-63-73(81-65-31-13-6-24-51(65)52-25-7-14-32-66(52)81)74(82-67-33-15-8-26-53(67)54-27-9-16-34-68(54)82)64(46-80)76(75(63)83-69-35-17-10-28-55(69)56-29-11-18-36-70(56)83)84-71-44-50(62-43-49-23-5-4-22-48(49)42-61(62)47-20-2-1-3-21-47)38-39-57(71)59-40-41-60-58-30-12-19-37-72(58)85-78(60)77(59)84/h1-44H. The van der Waals surface area contributed by atoms with E-state index in [-0.39, 0.29) is 0 Å². The van der Waals surface area contributed by atoms with Gasteiger partial charge in [0.25, 0.3) is 0 Å². The summed E-state index contributed by atoms with van der Waals surface area (Å²) >= 11 is 1.77. The van der Waals surface area contributed by atoms with Gasteiger partial charge in [-0.15, -0.1) is 11.3 Å². The molecule has 0 fully saturated rings. The lowest BCUT2D eigenvalue weighted by Gasteiger charge is -2.27. The summed E-state index contributed by atoms with van der Waals surface area (Å²) in [6, 6.07) is 101. The lowest BCUT2D eigenvalue weighted by molar-refractivity contribution is 1.03. The molecule has 0 atom stereocenters. The highest BCUT2D eigenvalue weighted by Crippen LogP contribution is 2.51. The molecule has 0 saturated carbocycles. The van der Waals surface area contributed by atoms with E-state index in [9.17, 15) is 10.5 Å². The minimum Gasteiger partial charge on any atom is -0.306 e. The normalized spacial score (nSPS) is 12.0. The highest BCUT2D eigenvalue weighted by atomic mass is 32.1. The number of rotatable bonds is 6. The van der Waals surface area contributed by atoms with Gasteiger partial charge in [-0.25, -0.2) is 0 Å². The Morgan fingerprint density at radius 3 is 1.08 bits per heavy atom. The number of thiophene rings is 1. The van der Waals surface area contributed by atoms with Gasteiger partial charge >= 0.3 is 0 Å². The maximum Gasteiger partial charge on any atom is 0.104 e. The van der Waals surface area contributed by atoms with Crippen LogP contribution in [0.4, 0.5) is 0 Å². The molecule has 0 amide bonds. The summed E-state index contributed by atoms with van der Waals surface area (Å²) in [6.07, 6.45) is 0. The van der Waals surface area contributed by atoms with Crippen LogP contribution in [-0.2, 0) is 0 Å². The van der Waals surface area contributed by atoms with Gasteiger partial charge in [0.05, 0.1) is 71.6 Å². The summed E-state index contributed by atoms with van der Waals surface area (Å²) < 4.78 is 11.5. The van der Waals surface area contributed by atoms with Crippen LogP contribution in [0.5, 0.6) is 0 Å². The maximum absolute atomic E-state index is 13.1. The summed E-state index contributed by atoms with van der Waals surface area (Å²) in [6.45, 7) is 0. The Hall–Kier alpha value is -11.5. The summed E-state index contributed by atoms with van der Waals surface area (Å²) in [5, 5.41) is 39.0. The van der Waals surface area contributed by atoms with Gasteiger partial charge in [-0.3, -0.25) is 0 Å². The molecule has 0 saturated heterocycles. The van der Waals surface area contributed by atoms with Crippen LogP contribution >= 0.6 is 11.3 Å². The third-order valence-electron chi connectivity index (χ3n) is 17.8. The predicted octanol–water partition coefficient (Wildman–Crippen LogP) is 20.7. The molecule has 0 spiro atoms. The van der Waals surface area contributed by atoms with Crippen molar-refractivity contribution in [3.8, 4) is 57.1 Å². The second-order valence-electron chi connectivity index (χ2n) is 22.1. The lowest BCUT2D eigenvalue weighted by atomic mass is 9.91. The fraction of sp³-hybridized carbons (Fsp3) is 0. The first kappa shape index (κ1) is 47.2. The van der Waals surface area contributed by atoms with E-state index in [1.165, 1.54) is 10.1 Å². The van der Waals surface area contributed by atoms with Crippen molar-refractivity contribution in [1.82, 2.24) is 18.3 Å². The quantitative estimate of drug-likeness (QED) is 0.166. The van der Waals surface area contributed by atoms with Gasteiger partial charge in [-0.1, -0.05) is 206 Å². The Kier molecular flexibility index (Phi) is 10.00. The number of nitrogens with zero attached hydrogens (tertiary/aromatic N) is 6. The van der Waals surface area contributed by atoms with Crippen molar-refractivity contribution in [2.45, 2.75) is 0 Å². The molecule has 0 aliphatic carbocycles. The van der Waals surface area contributed by atoms with Gasteiger partial charge in [0, 0.05) is 58.6 Å². The Morgan fingerprint density at radius 1 is 0.271 bits per heavy atom. The second-order valence-corrected chi connectivity index (χ2v) is 23.1. The minimum absolute atomic E-state index is 0.414. The van der Waals surface area contributed by atoms with Crippen molar-refractivity contribution in [1.29, 1.82) is 10.5 Å². The number of aromatic nitrogens is 4. The lowest BCUT2D eigenvalue weighted by Crippen LogP contribution is -2.16. The van der Waals surface area contributed by atoms with E-state index >= 15 is 0 Å². The molecule has 5 heterocycles. The molecule has 18 rings (SSSR count). The zero-order valence-electron chi connectivity index (χ0n) is 45.5. The van der Waals surface area contributed by atoms with Crippen LogP contribution < -0.4 is 0 Å². The summed E-state index contributed by atoms with van der Waals surface area (Å²) in [5.41, 5.74) is 15.0. The molecular formula is C78H44N6S. The summed E-state index contributed by atoms with van der Waals surface area (Å²) in [5.74, 6) is 0. The number of hydrogen-bond donors (Lipinski definition) is 0. The van der Waals surface area contributed by atoms with Gasteiger partial charge in [-0.2, -0.15) is 10.5 Å². The molecule has 0 bridgehead atoms. The average molecular weight is 1100 g/mol. The van der Waals surface area contributed by atoms with Gasteiger partial charge < -0.3 is 18.3 Å². The topological polar surface area (TPSA) is 67.3 Å². The number of nitriles is 2. The summed E-state index contributed by atoms with van der Waals surface area (Å²) in [4.78, 5) is 0. The summed E-state index contributed by atoms with van der Waals surface area (Å²) in [7, 11) is 0. The second kappa shape index (κ2) is 18.0. The van der Waals surface area contributed by atoms with E-state index in [2.05, 4.69) is 297 Å². The van der Waals surface area contributed by atoms with Crippen LogP contribution in [0.15, 0.2) is 267 Å². The molecule has 7 heteroatoms. The maximum atomic E-state index is 13.1. The molecule has 13 aromatic carbocycles. The van der Waals surface area contributed by atoms with E-state index in [1.54, 1.807) is 11.3 Å². The molecule has 392 valence electrons. The van der Waals surface area contributed by atoms with Crippen LogP contribution in [0, 0.1) is 22.7 Å². The van der Waals surface area contributed by atoms with Crippen LogP contribution in [0.25, 0.3) is 163 Å². The zero-order valence-corrected chi connectivity index (χ0v) is 46.3. The minimum atomic E-state index is 0.414. The molecule has 0 aliphatic heterocycles. The van der Waals surface area contributed by atoms with Crippen LogP contribution in [0.2, 0.25) is 0 Å². The molecule has 85 heavy (non-hydrogen) atoms. The largest absolute Gasteiger partial charge is 0.306 e. The van der Waals surface area contributed by atoms with Crippen molar-refractivity contribution in [2.75, 3.05) is 0 Å². The highest BCUT2D eigenvalue weighted by molar-refractivity contribution is 7.26. The third-order valence-corrected chi connectivity index (χ3v) is 19.0. The van der Waals surface area contributed by atoms with Gasteiger partial charge in [0.2, 0.25) is 0 Å². The fourth-order valence-corrected chi connectivity index (χ4v) is 15.5. The average Bonchev–Trinajstić information content (AvgIpc) is 1.81. The van der Waals surface area contributed by atoms with Crippen LogP contribution in [0.3, 0.4) is 0 Å². The van der Waals surface area contributed by atoms with Crippen molar-refractivity contribution in [3.63, 3.8) is 0 Å². The first-order valence-corrected chi connectivity index (χ1v) is 29.4.